The van der Waals surface area contributed by atoms with Gasteiger partial charge in [-0.25, -0.2) is 4.99 Å². The summed E-state index contributed by atoms with van der Waals surface area (Å²) in [5.41, 5.74) is 0. The molecule has 0 unspecified atom stereocenters. The van der Waals surface area contributed by atoms with Gasteiger partial charge in [-0.3, -0.25) is 4.52 Å². The Labute approximate surface area is 114 Å². The number of nitrogens with zero attached hydrogens (tertiary/aromatic N) is 4. The number of aromatic nitrogens is 2. The predicted molar refractivity (Wildman–Crippen MR) is 68.7 cm³/mol. The van der Waals surface area contributed by atoms with Crippen LogP contribution in [-0.4, -0.2) is 31.0 Å². The summed E-state index contributed by atoms with van der Waals surface area (Å²) >= 11 is 1.44. The van der Waals surface area contributed by atoms with Crippen molar-refractivity contribution in [1.29, 1.82) is 0 Å². The molecule has 0 N–H and O–H groups in total. The van der Waals surface area contributed by atoms with E-state index >= 15 is 0 Å². The highest BCUT2D eigenvalue weighted by Gasteiger charge is 2.12. The molecule has 0 aliphatic rings. The largest absolute Gasteiger partial charge is 0.861 e. The van der Waals surface area contributed by atoms with E-state index in [2.05, 4.69) is 10.3 Å². The molecule has 0 aliphatic carbocycles. The summed E-state index contributed by atoms with van der Waals surface area (Å²) in [5.74, 6) is 1.67. The van der Waals surface area contributed by atoms with Gasteiger partial charge in [-0.05, 0) is 18.0 Å². The Morgan fingerprint density at radius 3 is 3.05 bits per heavy atom. The van der Waals surface area contributed by atoms with Crippen molar-refractivity contribution in [1.82, 2.24) is 5.27 Å². The van der Waals surface area contributed by atoms with Crippen LogP contribution in [0.15, 0.2) is 38.5 Å². The van der Waals surface area contributed by atoms with Crippen molar-refractivity contribution in [2.24, 2.45) is 4.99 Å². The number of hydrogen-bond donors (Lipinski definition) is 0. The molecule has 0 amide bonds. The molecule has 2 aromatic rings. The van der Waals surface area contributed by atoms with Crippen LogP contribution in [0.4, 0.5) is 5.88 Å². The van der Waals surface area contributed by atoms with Crippen LogP contribution in [0.2, 0.25) is 0 Å². The molecule has 0 aromatic carbocycles. The highest BCUT2D eigenvalue weighted by atomic mass is 32.2. The SMILES string of the molecule is CN(C)[n+]1cc(/N=C(/[O-])CSCc2ccco2)on1. The fraction of sp³-hybridized carbons (Fsp3) is 0.364. The van der Waals surface area contributed by atoms with Crippen molar-refractivity contribution in [3.05, 3.63) is 30.4 Å². The number of rotatable bonds is 6. The molecular formula is C11H14N4O3S. The Balaban J connectivity index is 1.84. The molecule has 0 bridgehead atoms. The maximum atomic E-state index is 11.6. The van der Waals surface area contributed by atoms with Crippen LogP contribution in [0.25, 0.3) is 0 Å². The van der Waals surface area contributed by atoms with E-state index in [0.717, 1.165) is 5.76 Å². The zero-order valence-corrected chi connectivity index (χ0v) is 11.5. The third-order valence-corrected chi connectivity index (χ3v) is 3.08. The lowest BCUT2D eigenvalue weighted by atomic mass is 10.5. The van der Waals surface area contributed by atoms with Gasteiger partial charge in [0.25, 0.3) is 6.20 Å². The van der Waals surface area contributed by atoms with E-state index in [1.54, 1.807) is 25.4 Å². The van der Waals surface area contributed by atoms with Gasteiger partial charge >= 0.3 is 5.88 Å². The molecule has 0 fully saturated rings. The highest BCUT2D eigenvalue weighted by Crippen LogP contribution is 2.13. The molecule has 2 heterocycles. The first-order valence-corrected chi connectivity index (χ1v) is 6.71. The Morgan fingerprint density at radius 1 is 1.58 bits per heavy atom. The van der Waals surface area contributed by atoms with Crippen molar-refractivity contribution in [3.8, 4) is 0 Å². The van der Waals surface area contributed by atoms with Gasteiger partial charge in [-0.15, -0.1) is 11.8 Å². The van der Waals surface area contributed by atoms with E-state index in [-0.39, 0.29) is 17.5 Å². The molecule has 8 heteroatoms. The Morgan fingerprint density at radius 2 is 2.42 bits per heavy atom. The lowest BCUT2D eigenvalue weighted by molar-refractivity contribution is -0.753. The van der Waals surface area contributed by atoms with Crippen molar-refractivity contribution in [2.45, 2.75) is 5.75 Å². The molecule has 0 aliphatic heterocycles. The van der Waals surface area contributed by atoms with Crippen LogP contribution in [0.1, 0.15) is 5.76 Å². The maximum absolute atomic E-state index is 11.6. The summed E-state index contributed by atoms with van der Waals surface area (Å²) in [6.45, 7) is 0. The Kier molecular flexibility index (Phi) is 4.45. The Bertz CT molecular complexity index is 536. The molecule has 2 aromatic heterocycles. The van der Waals surface area contributed by atoms with E-state index < -0.39 is 0 Å². The van der Waals surface area contributed by atoms with Crippen molar-refractivity contribution < 1.29 is 18.8 Å². The molecule has 0 atom stereocenters. The number of furan rings is 1. The minimum absolute atomic E-state index is 0.192. The topological polar surface area (TPSA) is 81.7 Å². The number of hydrogen-bond acceptors (Lipinski definition) is 7. The third-order valence-electron chi connectivity index (χ3n) is 2.14. The minimum Gasteiger partial charge on any atom is -0.861 e. The van der Waals surface area contributed by atoms with Gasteiger partial charge in [0, 0.05) is 5.75 Å². The molecule has 0 saturated carbocycles. The van der Waals surface area contributed by atoms with Gasteiger partial charge in [0.2, 0.25) is 5.27 Å². The van der Waals surface area contributed by atoms with Crippen LogP contribution in [-0.2, 0) is 5.75 Å². The molecule has 0 radical (unpaired) electrons. The number of thioether (sulfide) groups is 1. The van der Waals surface area contributed by atoms with Crippen LogP contribution >= 0.6 is 11.8 Å². The maximum Gasteiger partial charge on any atom is 0.324 e. The molecule has 19 heavy (non-hydrogen) atoms. The van der Waals surface area contributed by atoms with E-state index in [4.69, 9.17) is 8.94 Å². The lowest BCUT2D eigenvalue weighted by Gasteiger charge is -2.06. The van der Waals surface area contributed by atoms with Crippen molar-refractivity contribution >= 4 is 23.5 Å². The van der Waals surface area contributed by atoms with Crippen LogP contribution in [0.3, 0.4) is 0 Å². The van der Waals surface area contributed by atoms with Crippen LogP contribution < -0.4 is 14.9 Å². The summed E-state index contributed by atoms with van der Waals surface area (Å²) in [5, 5.41) is 17.0. The fourth-order valence-electron chi connectivity index (χ4n) is 1.26. The summed E-state index contributed by atoms with van der Waals surface area (Å²) < 4.78 is 10.1. The second-order valence-corrected chi connectivity index (χ2v) is 4.87. The van der Waals surface area contributed by atoms with Gasteiger partial charge < -0.3 is 9.52 Å². The van der Waals surface area contributed by atoms with Gasteiger partial charge in [0.05, 0.1) is 30.9 Å². The predicted octanol–water partition coefficient (Wildman–Crippen LogP) is 0.0764. The zero-order valence-electron chi connectivity index (χ0n) is 10.6. The summed E-state index contributed by atoms with van der Waals surface area (Å²) in [6, 6.07) is 3.68. The number of aliphatic imine (C=N–C) groups is 1. The standard InChI is InChI=1S/C11H14N4O3S/c1-14(2)15-6-11(18-13-15)12-10(16)8-19-7-9-4-3-5-17-9/h3-6H,7-8H2,1-2H3. The third kappa shape index (κ3) is 4.02. The van der Waals surface area contributed by atoms with E-state index in [1.165, 1.54) is 22.7 Å². The lowest BCUT2D eigenvalue weighted by Crippen LogP contribution is -2.53. The summed E-state index contributed by atoms with van der Waals surface area (Å²) in [7, 11) is 3.60. The highest BCUT2D eigenvalue weighted by molar-refractivity contribution is 7.99. The quantitative estimate of drug-likeness (QED) is 0.424. The van der Waals surface area contributed by atoms with Crippen molar-refractivity contribution in [3.63, 3.8) is 0 Å². The smallest absolute Gasteiger partial charge is 0.324 e. The first-order valence-electron chi connectivity index (χ1n) is 5.56. The first-order chi connectivity index (χ1) is 9.15. The summed E-state index contributed by atoms with van der Waals surface area (Å²) in [6.07, 6.45) is 3.14. The zero-order chi connectivity index (χ0) is 13.7. The molecule has 102 valence electrons. The van der Waals surface area contributed by atoms with Gasteiger partial charge in [0.1, 0.15) is 5.76 Å². The first kappa shape index (κ1) is 13.5. The van der Waals surface area contributed by atoms with E-state index in [1.807, 2.05) is 12.1 Å². The van der Waals surface area contributed by atoms with Gasteiger partial charge in [0.15, 0.2) is 0 Å². The summed E-state index contributed by atoms with van der Waals surface area (Å²) in [4.78, 5) is 5.26. The molecule has 0 saturated heterocycles. The molecular weight excluding hydrogens is 268 g/mol. The second kappa shape index (κ2) is 6.28. The van der Waals surface area contributed by atoms with Gasteiger partial charge in [-0.1, -0.05) is 0 Å². The van der Waals surface area contributed by atoms with Crippen LogP contribution in [0, 0.1) is 0 Å². The average Bonchev–Trinajstić information content (AvgIpc) is 3.00. The van der Waals surface area contributed by atoms with E-state index in [9.17, 15) is 5.11 Å². The van der Waals surface area contributed by atoms with E-state index in [0.29, 0.717) is 5.75 Å². The average molecular weight is 282 g/mol. The van der Waals surface area contributed by atoms with Gasteiger partial charge in [-0.2, -0.15) is 5.01 Å². The Hall–Kier alpha value is -1.96. The van der Waals surface area contributed by atoms with Crippen LogP contribution in [0.5, 0.6) is 0 Å². The van der Waals surface area contributed by atoms with Crippen molar-refractivity contribution in [2.75, 3.05) is 24.9 Å². The normalized spacial score (nSPS) is 11.8. The fourth-order valence-corrected chi connectivity index (χ4v) is 1.96. The monoisotopic (exact) mass is 282 g/mol. The molecule has 7 nitrogen and oxygen atoms in total. The molecule has 2 rings (SSSR count). The molecule has 0 spiro atoms. The minimum atomic E-state index is -0.265. The second-order valence-electron chi connectivity index (χ2n) is 3.89.